The van der Waals surface area contributed by atoms with Crippen molar-refractivity contribution in [2.45, 2.75) is 13.3 Å². The Labute approximate surface area is 115 Å². The molecule has 17 heavy (non-hydrogen) atoms. The maximum absolute atomic E-state index is 4.23. The van der Waals surface area contributed by atoms with Crippen LogP contribution < -0.4 is 4.90 Å². The summed E-state index contributed by atoms with van der Waals surface area (Å²) in [4.78, 5) is 2.10. The van der Waals surface area contributed by atoms with Crippen molar-refractivity contribution in [1.82, 2.24) is 9.78 Å². The van der Waals surface area contributed by atoms with E-state index >= 15 is 0 Å². The Morgan fingerprint density at radius 2 is 2.12 bits per heavy atom. The van der Waals surface area contributed by atoms with Crippen molar-refractivity contribution in [2.24, 2.45) is 0 Å². The van der Waals surface area contributed by atoms with E-state index in [9.17, 15) is 0 Å². The number of rotatable bonds is 3. The van der Waals surface area contributed by atoms with Gasteiger partial charge in [0.25, 0.3) is 0 Å². The maximum Gasteiger partial charge on any atom is 0.0493 e. The Kier molecular flexibility index (Phi) is 4.89. The zero-order valence-corrected chi connectivity index (χ0v) is 11.9. The Hall–Kier alpha value is -1.15. The molecule has 0 N–H and O–H groups in total. The molecule has 93 valence electrons. The van der Waals surface area contributed by atoms with Gasteiger partial charge in [-0.2, -0.15) is 16.7 Å². The number of hydrogen-bond donors (Lipinski definition) is 0. The van der Waals surface area contributed by atoms with Gasteiger partial charge in [0.15, 0.2) is 0 Å². The first kappa shape index (κ1) is 13.9. The molecule has 0 saturated carbocycles. The quantitative estimate of drug-likeness (QED) is 0.640. The second-order valence-corrected chi connectivity index (χ2v) is 3.95. The molecule has 0 spiro atoms. The molecule has 1 aromatic heterocycles. The summed E-state index contributed by atoms with van der Waals surface area (Å²) in [5.41, 5.74) is 3.38. The van der Waals surface area contributed by atoms with Crippen LogP contribution in [0.4, 0.5) is 5.69 Å². The minimum Gasteiger partial charge on any atom is -0.399 e. The summed E-state index contributed by atoms with van der Waals surface area (Å²) < 4.78 is 1.84. The van der Waals surface area contributed by atoms with Crippen LogP contribution in [0.5, 0.6) is 0 Å². The van der Waals surface area contributed by atoms with Crippen molar-refractivity contribution < 1.29 is 19.5 Å². The summed E-state index contributed by atoms with van der Waals surface area (Å²) in [7, 11) is 4.09. The van der Waals surface area contributed by atoms with E-state index in [0.717, 1.165) is 12.1 Å². The van der Waals surface area contributed by atoms with Gasteiger partial charge in [0, 0.05) is 46.0 Å². The number of anilines is 1. The van der Waals surface area contributed by atoms with E-state index in [0.29, 0.717) is 0 Å². The van der Waals surface area contributed by atoms with Crippen LogP contribution in [0.2, 0.25) is 0 Å². The molecule has 2 rings (SSSR count). The van der Waals surface area contributed by atoms with Crippen LogP contribution in [0.3, 0.4) is 0 Å². The van der Waals surface area contributed by atoms with Gasteiger partial charge in [-0.05, 0) is 11.8 Å². The van der Waals surface area contributed by atoms with Crippen LogP contribution in [0.15, 0.2) is 30.6 Å². The predicted octanol–water partition coefficient (Wildman–Crippen LogP) is 2.30. The Morgan fingerprint density at radius 1 is 1.35 bits per heavy atom. The minimum absolute atomic E-state index is 0. The van der Waals surface area contributed by atoms with Crippen molar-refractivity contribution in [3.05, 3.63) is 42.2 Å². The number of aryl methyl sites for hydroxylation is 1. The number of nitrogens with zero attached hydrogens (tertiary/aromatic N) is 3. The van der Waals surface area contributed by atoms with Crippen molar-refractivity contribution in [1.29, 1.82) is 0 Å². The van der Waals surface area contributed by atoms with Gasteiger partial charge in [0.2, 0.25) is 0 Å². The summed E-state index contributed by atoms with van der Waals surface area (Å²) in [5, 5.41) is 4.23. The molecule has 0 bridgehead atoms. The van der Waals surface area contributed by atoms with Crippen molar-refractivity contribution in [3.8, 4) is 5.69 Å². The fraction of sp³-hybridized carbons (Fsp3) is 0.308. The molecule has 4 heteroatoms. The van der Waals surface area contributed by atoms with Gasteiger partial charge in [-0.25, -0.2) is 0 Å². The molecule has 3 nitrogen and oxygen atoms in total. The molecule has 0 aliphatic heterocycles. The van der Waals surface area contributed by atoms with Gasteiger partial charge in [-0.3, -0.25) is 4.68 Å². The maximum atomic E-state index is 4.23. The molecule has 0 fully saturated rings. The topological polar surface area (TPSA) is 21.1 Å². The molecule has 1 heterocycles. The van der Waals surface area contributed by atoms with E-state index in [1.54, 1.807) is 6.20 Å². The Bertz CT molecular complexity index is 464. The SMILES string of the molecule is CCc1[c-]c(-n2cccn2)cc(N(C)C)c1.[Rh]. The average molecular weight is 317 g/mol. The predicted molar refractivity (Wildman–Crippen MR) is 66.1 cm³/mol. The summed E-state index contributed by atoms with van der Waals surface area (Å²) in [5.74, 6) is 0. The molecule has 1 aromatic carbocycles. The van der Waals surface area contributed by atoms with Crippen LogP contribution >= 0.6 is 0 Å². The third-order valence-electron chi connectivity index (χ3n) is 2.54. The number of benzene rings is 1. The van der Waals surface area contributed by atoms with Crippen molar-refractivity contribution in [2.75, 3.05) is 19.0 Å². The van der Waals surface area contributed by atoms with Gasteiger partial charge in [-0.1, -0.05) is 19.0 Å². The smallest absolute Gasteiger partial charge is 0.0493 e. The molecule has 0 unspecified atom stereocenters. The van der Waals surface area contributed by atoms with Gasteiger partial charge in [0.1, 0.15) is 0 Å². The second-order valence-electron chi connectivity index (χ2n) is 3.95. The normalized spacial score (nSPS) is 9.82. The fourth-order valence-corrected chi connectivity index (χ4v) is 1.58. The molecular formula is C13H16N3Rh-. The summed E-state index contributed by atoms with van der Waals surface area (Å²) in [6.07, 6.45) is 4.70. The molecule has 0 atom stereocenters. The third-order valence-corrected chi connectivity index (χ3v) is 2.54. The van der Waals surface area contributed by atoms with Crippen LogP contribution in [-0.2, 0) is 25.9 Å². The first-order valence-corrected chi connectivity index (χ1v) is 5.44. The largest absolute Gasteiger partial charge is 0.399 e. The summed E-state index contributed by atoms with van der Waals surface area (Å²) in [6, 6.07) is 9.53. The van der Waals surface area contributed by atoms with E-state index in [-0.39, 0.29) is 19.5 Å². The van der Waals surface area contributed by atoms with Crippen LogP contribution in [0, 0.1) is 6.07 Å². The minimum atomic E-state index is 0. The van der Waals surface area contributed by atoms with E-state index in [1.165, 1.54) is 11.3 Å². The molecule has 0 amide bonds. The van der Waals surface area contributed by atoms with Crippen LogP contribution in [0.25, 0.3) is 5.69 Å². The Morgan fingerprint density at radius 3 is 2.65 bits per heavy atom. The first-order valence-electron chi connectivity index (χ1n) is 5.44. The zero-order valence-electron chi connectivity index (χ0n) is 10.3. The summed E-state index contributed by atoms with van der Waals surface area (Å²) >= 11 is 0. The standard InChI is InChI=1S/C13H16N3.Rh/c1-4-11-8-12(15(2)3)10-13(9-11)16-7-5-6-14-16;/h5-8,10H,4H2,1-3H3;/q-1;. The third kappa shape index (κ3) is 3.16. The molecule has 0 saturated heterocycles. The molecule has 0 aliphatic carbocycles. The van der Waals surface area contributed by atoms with E-state index in [2.05, 4.69) is 35.1 Å². The number of hydrogen-bond acceptors (Lipinski definition) is 2. The summed E-state index contributed by atoms with van der Waals surface area (Å²) in [6.45, 7) is 2.14. The monoisotopic (exact) mass is 317 g/mol. The van der Waals surface area contributed by atoms with E-state index < -0.39 is 0 Å². The van der Waals surface area contributed by atoms with E-state index in [1.807, 2.05) is 31.0 Å². The van der Waals surface area contributed by atoms with Gasteiger partial charge < -0.3 is 4.90 Å². The van der Waals surface area contributed by atoms with Crippen molar-refractivity contribution >= 4 is 5.69 Å². The fourth-order valence-electron chi connectivity index (χ4n) is 1.58. The first-order chi connectivity index (χ1) is 7.70. The number of aromatic nitrogens is 2. The molecular weight excluding hydrogens is 301 g/mol. The van der Waals surface area contributed by atoms with Gasteiger partial charge >= 0.3 is 0 Å². The van der Waals surface area contributed by atoms with Crippen LogP contribution in [-0.4, -0.2) is 23.9 Å². The van der Waals surface area contributed by atoms with Gasteiger partial charge in [0.05, 0.1) is 0 Å². The van der Waals surface area contributed by atoms with Crippen molar-refractivity contribution in [3.63, 3.8) is 0 Å². The molecule has 1 radical (unpaired) electrons. The van der Waals surface area contributed by atoms with Crippen LogP contribution in [0.1, 0.15) is 12.5 Å². The molecule has 2 aromatic rings. The Balaban J connectivity index is 0.00000144. The molecule has 0 aliphatic rings. The van der Waals surface area contributed by atoms with Gasteiger partial charge in [-0.15, -0.1) is 12.1 Å². The zero-order chi connectivity index (χ0) is 11.5. The second kappa shape index (κ2) is 5.97. The van der Waals surface area contributed by atoms with E-state index in [4.69, 9.17) is 0 Å². The average Bonchev–Trinajstić information content (AvgIpc) is 2.81.